The van der Waals surface area contributed by atoms with Crippen LogP contribution < -0.4 is 5.73 Å². The molecule has 1 unspecified atom stereocenters. The lowest BCUT2D eigenvalue weighted by atomic mass is 10.1. The Kier molecular flexibility index (Phi) is 4.71. The first-order valence-corrected chi connectivity index (χ1v) is 7.30. The van der Waals surface area contributed by atoms with Crippen LogP contribution >= 0.6 is 23.4 Å². The van der Waals surface area contributed by atoms with Gasteiger partial charge < -0.3 is 10.6 Å². The van der Waals surface area contributed by atoms with Gasteiger partial charge >= 0.3 is 0 Å². The molecule has 19 heavy (non-hydrogen) atoms. The van der Waals surface area contributed by atoms with Crippen LogP contribution in [0.5, 0.6) is 0 Å². The number of rotatable bonds is 4. The normalized spacial score (nSPS) is 18.6. The Morgan fingerprint density at radius 3 is 2.89 bits per heavy atom. The maximum absolute atomic E-state index is 12.1. The molecule has 0 saturated carbocycles. The molecule has 1 aliphatic heterocycles. The van der Waals surface area contributed by atoms with Crippen molar-refractivity contribution in [2.24, 2.45) is 5.73 Å². The van der Waals surface area contributed by atoms with Crippen LogP contribution in [0.25, 0.3) is 0 Å². The quantitative estimate of drug-likeness (QED) is 0.915. The highest BCUT2D eigenvalue weighted by atomic mass is 35.5. The van der Waals surface area contributed by atoms with Crippen LogP contribution in [-0.4, -0.2) is 34.4 Å². The van der Waals surface area contributed by atoms with Crippen molar-refractivity contribution in [1.29, 1.82) is 0 Å². The summed E-state index contributed by atoms with van der Waals surface area (Å²) in [7, 11) is 0. The van der Waals surface area contributed by atoms with E-state index in [0.29, 0.717) is 18.0 Å². The molecule has 0 aromatic heterocycles. The van der Waals surface area contributed by atoms with Crippen molar-refractivity contribution in [1.82, 2.24) is 4.90 Å². The average Bonchev–Trinajstić information content (AvgIpc) is 2.87. The standard InChI is InChI=1S/C13H14ClN2O2S/c14-10-4-2-1-3-9(10)5-6-11(17)16-7-8-19-13(16)12(15)18/h1-4,6,13H,5,7-8H2,(H2,15,18). The van der Waals surface area contributed by atoms with Crippen molar-refractivity contribution >= 4 is 35.2 Å². The van der Waals surface area contributed by atoms with Gasteiger partial charge in [0.15, 0.2) is 5.37 Å². The third-order valence-electron chi connectivity index (χ3n) is 2.87. The van der Waals surface area contributed by atoms with Crippen LogP contribution in [0.4, 0.5) is 0 Å². The monoisotopic (exact) mass is 297 g/mol. The summed E-state index contributed by atoms with van der Waals surface area (Å²) in [5, 5.41) is 0.0868. The van der Waals surface area contributed by atoms with E-state index in [-0.39, 0.29) is 5.91 Å². The fourth-order valence-electron chi connectivity index (χ4n) is 1.91. The first kappa shape index (κ1) is 14.2. The number of carbonyl (C=O) groups is 2. The van der Waals surface area contributed by atoms with Gasteiger partial charge in [-0.2, -0.15) is 0 Å². The number of carbonyl (C=O) groups excluding carboxylic acids is 2. The van der Waals surface area contributed by atoms with Crippen molar-refractivity contribution in [3.8, 4) is 0 Å². The van der Waals surface area contributed by atoms with Gasteiger partial charge in [0.25, 0.3) is 5.91 Å². The van der Waals surface area contributed by atoms with E-state index in [9.17, 15) is 9.59 Å². The van der Waals surface area contributed by atoms with E-state index in [4.69, 9.17) is 17.3 Å². The lowest BCUT2D eigenvalue weighted by molar-refractivity contribution is -0.132. The number of thioether (sulfide) groups is 1. The number of benzene rings is 1. The molecular formula is C13H14ClN2O2S. The molecule has 4 nitrogen and oxygen atoms in total. The van der Waals surface area contributed by atoms with Gasteiger partial charge in [0, 0.05) is 17.3 Å². The van der Waals surface area contributed by atoms with Crippen LogP contribution in [0.15, 0.2) is 24.3 Å². The Bertz CT molecular complexity index is 495. The maximum atomic E-state index is 12.1. The van der Waals surface area contributed by atoms with Crippen LogP contribution in [0.3, 0.4) is 0 Å². The smallest absolute Gasteiger partial charge is 0.250 e. The average molecular weight is 298 g/mol. The van der Waals surface area contributed by atoms with Gasteiger partial charge in [-0.3, -0.25) is 9.59 Å². The third kappa shape index (κ3) is 3.42. The number of primary amides is 1. The molecule has 1 saturated heterocycles. The van der Waals surface area contributed by atoms with Crippen molar-refractivity contribution < 1.29 is 9.59 Å². The molecule has 1 heterocycles. The van der Waals surface area contributed by atoms with Crippen molar-refractivity contribution in [3.05, 3.63) is 41.3 Å². The minimum absolute atomic E-state index is 0.172. The van der Waals surface area contributed by atoms with Crippen molar-refractivity contribution in [2.75, 3.05) is 12.3 Å². The second-order valence-corrected chi connectivity index (χ2v) is 5.75. The molecular weight excluding hydrogens is 284 g/mol. The van der Waals surface area contributed by atoms with Crippen LogP contribution in [-0.2, 0) is 16.0 Å². The summed E-state index contributed by atoms with van der Waals surface area (Å²) >= 11 is 7.42. The molecule has 1 aromatic rings. The van der Waals surface area contributed by atoms with Gasteiger partial charge in [-0.15, -0.1) is 11.8 Å². The fraction of sp³-hybridized carbons (Fsp3) is 0.308. The minimum atomic E-state index is -0.546. The molecule has 2 rings (SSSR count). The third-order valence-corrected chi connectivity index (χ3v) is 4.46. The van der Waals surface area contributed by atoms with E-state index >= 15 is 0 Å². The summed E-state index contributed by atoms with van der Waals surface area (Å²) in [6, 6.07) is 7.37. The Labute approximate surface area is 121 Å². The summed E-state index contributed by atoms with van der Waals surface area (Å²) in [4.78, 5) is 24.8. The summed E-state index contributed by atoms with van der Waals surface area (Å²) < 4.78 is 0. The van der Waals surface area contributed by atoms with E-state index in [1.54, 1.807) is 12.5 Å². The number of hydrogen-bond acceptors (Lipinski definition) is 3. The maximum Gasteiger partial charge on any atom is 0.250 e. The second-order valence-electron chi connectivity index (χ2n) is 4.16. The zero-order valence-corrected chi connectivity index (χ0v) is 11.8. The number of hydrogen-bond donors (Lipinski definition) is 1. The van der Waals surface area contributed by atoms with Crippen LogP contribution in [0.2, 0.25) is 5.02 Å². The lowest BCUT2D eigenvalue weighted by Crippen LogP contribution is -2.42. The van der Waals surface area contributed by atoms with Gasteiger partial charge in [0.1, 0.15) is 0 Å². The molecule has 101 valence electrons. The topological polar surface area (TPSA) is 63.4 Å². The number of nitrogens with zero attached hydrogens (tertiary/aromatic N) is 1. The summed E-state index contributed by atoms with van der Waals surface area (Å²) in [5.74, 6) is 0.0925. The molecule has 0 aliphatic carbocycles. The molecule has 1 fully saturated rings. The largest absolute Gasteiger partial charge is 0.367 e. The van der Waals surface area contributed by atoms with Gasteiger partial charge in [-0.1, -0.05) is 29.8 Å². The van der Waals surface area contributed by atoms with E-state index in [1.165, 1.54) is 16.7 Å². The molecule has 0 bridgehead atoms. The highest BCUT2D eigenvalue weighted by Crippen LogP contribution is 2.24. The zero-order valence-electron chi connectivity index (χ0n) is 10.2. The summed E-state index contributed by atoms with van der Waals surface area (Å²) in [6.07, 6.45) is 1.99. The molecule has 0 spiro atoms. The number of halogens is 1. The first-order valence-electron chi connectivity index (χ1n) is 5.87. The summed E-state index contributed by atoms with van der Waals surface area (Å²) in [6.45, 7) is 0.552. The lowest BCUT2D eigenvalue weighted by Gasteiger charge is -2.21. The molecule has 1 radical (unpaired) electrons. The van der Waals surface area contributed by atoms with E-state index in [0.717, 1.165) is 11.3 Å². The van der Waals surface area contributed by atoms with E-state index in [2.05, 4.69) is 0 Å². The predicted molar refractivity (Wildman–Crippen MR) is 76.6 cm³/mol. The van der Waals surface area contributed by atoms with E-state index in [1.807, 2.05) is 18.2 Å². The Hall–Kier alpha value is -1.20. The van der Waals surface area contributed by atoms with Gasteiger partial charge in [0.2, 0.25) is 5.91 Å². The Morgan fingerprint density at radius 1 is 1.47 bits per heavy atom. The Balaban J connectivity index is 1.95. The van der Waals surface area contributed by atoms with Crippen molar-refractivity contribution in [3.63, 3.8) is 0 Å². The molecule has 6 heteroatoms. The number of amides is 2. The molecule has 2 N–H and O–H groups in total. The minimum Gasteiger partial charge on any atom is -0.367 e. The highest BCUT2D eigenvalue weighted by Gasteiger charge is 2.33. The van der Waals surface area contributed by atoms with Gasteiger partial charge in [0.05, 0.1) is 6.42 Å². The molecule has 1 atom stereocenters. The molecule has 1 aliphatic rings. The predicted octanol–water partition coefficient (Wildman–Crippen LogP) is 1.47. The number of nitrogens with two attached hydrogens (primary N) is 1. The Morgan fingerprint density at radius 2 is 2.21 bits per heavy atom. The van der Waals surface area contributed by atoms with Crippen molar-refractivity contribution in [2.45, 2.75) is 11.8 Å². The highest BCUT2D eigenvalue weighted by molar-refractivity contribution is 8.00. The fourth-order valence-corrected chi connectivity index (χ4v) is 3.20. The summed E-state index contributed by atoms with van der Waals surface area (Å²) in [5.41, 5.74) is 6.16. The van der Waals surface area contributed by atoms with E-state index < -0.39 is 11.3 Å². The first-order chi connectivity index (χ1) is 9.09. The molecule has 2 amide bonds. The zero-order chi connectivity index (χ0) is 13.8. The van der Waals surface area contributed by atoms with Crippen LogP contribution in [0, 0.1) is 6.42 Å². The van der Waals surface area contributed by atoms with Gasteiger partial charge in [-0.25, -0.2) is 0 Å². The second kappa shape index (κ2) is 6.30. The SMILES string of the molecule is NC(=O)C1SCCN1C(=O)[CH]Cc1ccccc1Cl. The van der Waals surface area contributed by atoms with Crippen LogP contribution in [0.1, 0.15) is 5.56 Å². The van der Waals surface area contributed by atoms with Gasteiger partial charge in [-0.05, 0) is 18.1 Å². The molecule has 1 aromatic carbocycles.